The Morgan fingerprint density at radius 3 is 2.70 bits per heavy atom. The van der Waals surface area contributed by atoms with Crippen molar-refractivity contribution >= 4 is 17.7 Å². The van der Waals surface area contributed by atoms with Gasteiger partial charge in [-0.1, -0.05) is 31.4 Å². The van der Waals surface area contributed by atoms with Crippen molar-refractivity contribution in [2.45, 2.75) is 76.1 Å². The Balaban J connectivity index is 1.46. The number of carbonyl (C=O) groups is 3. The Hall–Kier alpha value is -2.57. The zero-order valence-electron chi connectivity index (χ0n) is 17.9. The van der Waals surface area contributed by atoms with E-state index in [1.165, 1.54) is 6.42 Å². The summed E-state index contributed by atoms with van der Waals surface area (Å²) >= 11 is 0. The van der Waals surface area contributed by atoms with Crippen LogP contribution in [0.15, 0.2) is 24.3 Å². The van der Waals surface area contributed by atoms with Crippen molar-refractivity contribution in [3.63, 3.8) is 0 Å². The summed E-state index contributed by atoms with van der Waals surface area (Å²) < 4.78 is 6.18. The Morgan fingerprint density at radius 2 is 1.93 bits per heavy atom. The first kappa shape index (κ1) is 20.7. The fourth-order valence-electron chi connectivity index (χ4n) is 4.97. The first-order valence-corrected chi connectivity index (χ1v) is 11.1. The van der Waals surface area contributed by atoms with E-state index in [-0.39, 0.29) is 30.2 Å². The highest BCUT2D eigenvalue weighted by atomic mass is 16.5. The number of hydrogen-bond acceptors (Lipinski definition) is 4. The van der Waals surface area contributed by atoms with Crippen LogP contribution >= 0.6 is 0 Å². The molecule has 162 valence electrons. The lowest BCUT2D eigenvalue weighted by atomic mass is 9.94. The molecule has 0 radical (unpaired) electrons. The number of nitrogens with one attached hydrogen (secondary N) is 1. The van der Waals surface area contributed by atoms with Crippen molar-refractivity contribution in [3.05, 3.63) is 29.8 Å². The summed E-state index contributed by atoms with van der Waals surface area (Å²) in [7, 11) is 1.86. The fraction of sp³-hybridized carbons (Fsp3) is 0.609. The molecule has 1 N–H and O–H groups in total. The van der Waals surface area contributed by atoms with Crippen molar-refractivity contribution in [1.82, 2.24) is 15.1 Å². The molecule has 2 heterocycles. The highest BCUT2D eigenvalue weighted by Crippen LogP contribution is 2.34. The van der Waals surface area contributed by atoms with Crippen LogP contribution in [0.4, 0.5) is 0 Å². The van der Waals surface area contributed by atoms with Gasteiger partial charge in [0, 0.05) is 38.9 Å². The van der Waals surface area contributed by atoms with E-state index < -0.39 is 11.8 Å². The van der Waals surface area contributed by atoms with Gasteiger partial charge in [-0.3, -0.25) is 14.4 Å². The number of carbonyl (C=O) groups excluding carboxylic acids is 3. The van der Waals surface area contributed by atoms with Gasteiger partial charge in [0.2, 0.25) is 11.8 Å². The van der Waals surface area contributed by atoms with Crippen LogP contribution in [0, 0.1) is 0 Å². The molecule has 1 aromatic carbocycles. The summed E-state index contributed by atoms with van der Waals surface area (Å²) in [5.74, 6) is 0.286. The number of rotatable bonds is 3. The quantitative estimate of drug-likeness (QED) is 0.826. The van der Waals surface area contributed by atoms with Crippen molar-refractivity contribution < 1.29 is 19.1 Å². The Labute approximate surface area is 177 Å². The van der Waals surface area contributed by atoms with Crippen LogP contribution in [0.5, 0.6) is 5.75 Å². The molecule has 2 aliphatic heterocycles. The van der Waals surface area contributed by atoms with Crippen LogP contribution in [0.25, 0.3) is 0 Å². The Kier molecular flexibility index (Phi) is 5.71. The summed E-state index contributed by atoms with van der Waals surface area (Å²) in [6.07, 6.45) is 6.67. The molecule has 7 nitrogen and oxygen atoms in total. The van der Waals surface area contributed by atoms with E-state index in [9.17, 15) is 14.4 Å². The number of para-hydroxylation sites is 1. The smallest absolute Gasteiger partial charge is 0.258 e. The monoisotopic (exact) mass is 413 g/mol. The molecule has 0 aromatic heterocycles. The molecule has 2 atom stereocenters. The Morgan fingerprint density at radius 1 is 1.20 bits per heavy atom. The number of ether oxygens (including phenoxy) is 1. The van der Waals surface area contributed by atoms with Gasteiger partial charge in [0.25, 0.3) is 5.91 Å². The van der Waals surface area contributed by atoms with Crippen LogP contribution in [-0.4, -0.2) is 58.9 Å². The maximum Gasteiger partial charge on any atom is 0.258 e. The van der Waals surface area contributed by atoms with Gasteiger partial charge in [-0.25, -0.2) is 0 Å². The minimum Gasteiger partial charge on any atom is -0.467 e. The second kappa shape index (κ2) is 8.28. The van der Waals surface area contributed by atoms with Gasteiger partial charge in [0.15, 0.2) is 5.72 Å². The van der Waals surface area contributed by atoms with Gasteiger partial charge in [0.1, 0.15) is 11.8 Å². The summed E-state index contributed by atoms with van der Waals surface area (Å²) in [6.45, 7) is 2.18. The maximum atomic E-state index is 13.1. The number of fused-ring (bicyclic) bond motifs is 1. The molecule has 3 amide bonds. The van der Waals surface area contributed by atoms with E-state index in [0.717, 1.165) is 25.7 Å². The molecule has 1 spiro atoms. The van der Waals surface area contributed by atoms with Crippen molar-refractivity contribution in [3.8, 4) is 5.75 Å². The first-order valence-electron chi connectivity index (χ1n) is 11.1. The molecule has 1 aliphatic carbocycles. The van der Waals surface area contributed by atoms with Crippen LogP contribution in [0.3, 0.4) is 0 Å². The van der Waals surface area contributed by atoms with Crippen LogP contribution in [-0.2, 0) is 9.59 Å². The van der Waals surface area contributed by atoms with Gasteiger partial charge >= 0.3 is 0 Å². The van der Waals surface area contributed by atoms with E-state index in [0.29, 0.717) is 30.7 Å². The highest BCUT2D eigenvalue weighted by Gasteiger charge is 2.44. The molecular weight excluding hydrogens is 382 g/mol. The van der Waals surface area contributed by atoms with E-state index in [1.54, 1.807) is 23.1 Å². The SMILES string of the molecule is CC(C(=O)N(C)C1CCCCC1)N1CCC2(CCC1=O)NC(=O)c1ccccc1O2. The molecule has 1 aromatic rings. The van der Waals surface area contributed by atoms with Crippen molar-refractivity contribution in [2.24, 2.45) is 0 Å². The first-order chi connectivity index (χ1) is 14.4. The predicted molar refractivity (Wildman–Crippen MR) is 112 cm³/mol. The molecule has 3 aliphatic rings. The molecule has 4 rings (SSSR count). The number of benzene rings is 1. The van der Waals surface area contributed by atoms with Gasteiger partial charge in [-0.2, -0.15) is 0 Å². The normalized spacial score (nSPS) is 25.7. The van der Waals surface area contributed by atoms with Crippen LogP contribution < -0.4 is 10.1 Å². The zero-order valence-corrected chi connectivity index (χ0v) is 17.9. The van der Waals surface area contributed by atoms with Crippen LogP contribution in [0.1, 0.15) is 68.6 Å². The summed E-state index contributed by atoms with van der Waals surface area (Å²) in [4.78, 5) is 42.1. The number of nitrogens with zero attached hydrogens (tertiary/aromatic N) is 2. The number of likely N-dealkylation sites (N-methyl/N-ethyl adjacent to an activating group) is 1. The standard InChI is InChI=1S/C23H31N3O4/c1-16(22(29)25(2)17-8-4-3-5-9-17)26-15-14-23(13-12-20(26)27)24-21(28)18-10-6-7-11-19(18)30-23/h6-7,10-11,16-17H,3-5,8-9,12-15H2,1-2H3,(H,24,28). The molecule has 7 heteroatoms. The molecule has 2 fully saturated rings. The molecule has 0 bridgehead atoms. The molecular formula is C23H31N3O4. The lowest BCUT2D eigenvalue weighted by molar-refractivity contribution is -0.145. The second-order valence-electron chi connectivity index (χ2n) is 8.80. The molecule has 1 saturated heterocycles. The molecule has 1 saturated carbocycles. The topological polar surface area (TPSA) is 79.0 Å². The summed E-state index contributed by atoms with van der Waals surface area (Å²) in [5.41, 5.74) is -0.401. The fourth-order valence-corrected chi connectivity index (χ4v) is 4.97. The zero-order chi connectivity index (χ0) is 21.3. The third kappa shape index (κ3) is 3.89. The minimum absolute atomic E-state index is 0.00913. The summed E-state index contributed by atoms with van der Waals surface area (Å²) in [6, 6.07) is 6.89. The summed E-state index contributed by atoms with van der Waals surface area (Å²) in [5, 5.41) is 2.98. The van der Waals surface area contributed by atoms with E-state index >= 15 is 0 Å². The third-order valence-corrected chi connectivity index (χ3v) is 6.89. The second-order valence-corrected chi connectivity index (χ2v) is 8.80. The third-order valence-electron chi connectivity index (χ3n) is 6.89. The van der Waals surface area contributed by atoms with Crippen LogP contribution in [0.2, 0.25) is 0 Å². The van der Waals surface area contributed by atoms with Gasteiger partial charge in [-0.15, -0.1) is 0 Å². The lowest BCUT2D eigenvalue weighted by Crippen LogP contribution is -2.56. The lowest BCUT2D eigenvalue weighted by Gasteiger charge is -2.39. The number of amides is 3. The van der Waals surface area contributed by atoms with Gasteiger partial charge < -0.3 is 19.9 Å². The maximum absolute atomic E-state index is 13.1. The van der Waals surface area contributed by atoms with Crippen molar-refractivity contribution in [1.29, 1.82) is 0 Å². The average Bonchev–Trinajstić information content (AvgIpc) is 2.92. The minimum atomic E-state index is -0.909. The Bertz CT molecular complexity index is 835. The van der Waals surface area contributed by atoms with Gasteiger partial charge in [0.05, 0.1) is 5.56 Å². The van der Waals surface area contributed by atoms with E-state index in [1.807, 2.05) is 24.9 Å². The largest absolute Gasteiger partial charge is 0.467 e. The highest BCUT2D eigenvalue weighted by molar-refractivity contribution is 5.98. The van der Waals surface area contributed by atoms with Gasteiger partial charge in [-0.05, 0) is 31.9 Å². The molecule has 30 heavy (non-hydrogen) atoms. The van der Waals surface area contributed by atoms with E-state index in [2.05, 4.69) is 5.32 Å². The number of likely N-dealkylation sites (tertiary alicyclic amines) is 1. The predicted octanol–water partition coefficient (Wildman–Crippen LogP) is 2.70. The molecule has 2 unspecified atom stereocenters. The number of hydrogen-bond donors (Lipinski definition) is 1. The van der Waals surface area contributed by atoms with E-state index in [4.69, 9.17) is 4.74 Å². The van der Waals surface area contributed by atoms with Crippen molar-refractivity contribution in [2.75, 3.05) is 13.6 Å². The average molecular weight is 414 g/mol.